The van der Waals surface area contributed by atoms with Crippen LogP contribution in [0.15, 0.2) is 24.3 Å². The largest absolute Gasteiger partial charge is 0.494 e. The predicted molar refractivity (Wildman–Crippen MR) is 84.4 cm³/mol. The molecule has 0 radical (unpaired) electrons. The van der Waals surface area contributed by atoms with E-state index in [0.717, 1.165) is 37.2 Å². The topological polar surface area (TPSA) is 29.5 Å². The molecular formula is C17H24O2S. The summed E-state index contributed by atoms with van der Waals surface area (Å²) in [6, 6.07) is 8.10. The Morgan fingerprint density at radius 2 is 2.05 bits per heavy atom. The van der Waals surface area contributed by atoms with Crippen LogP contribution in [0.4, 0.5) is 0 Å². The zero-order valence-electron chi connectivity index (χ0n) is 12.2. The fourth-order valence-electron chi connectivity index (χ4n) is 3.45. The van der Waals surface area contributed by atoms with Crippen LogP contribution < -0.4 is 4.74 Å². The van der Waals surface area contributed by atoms with E-state index in [1.807, 2.05) is 18.2 Å². The number of ether oxygens (including phenoxy) is 1. The van der Waals surface area contributed by atoms with E-state index >= 15 is 0 Å². The minimum atomic E-state index is -0.646. The average Bonchev–Trinajstić information content (AvgIpc) is 2.45. The maximum atomic E-state index is 11.1. The maximum absolute atomic E-state index is 11.1. The molecule has 2 unspecified atom stereocenters. The molecule has 0 amide bonds. The SMILES string of the molecule is CCCOc1cccc(C2(O)CC3CCCC(C2)S3)c1. The van der Waals surface area contributed by atoms with Crippen LogP contribution in [0, 0.1) is 0 Å². The molecule has 0 spiro atoms. The lowest BCUT2D eigenvalue weighted by Gasteiger charge is -2.44. The van der Waals surface area contributed by atoms with Gasteiger partial charge in [0, 0.05) is 10.5 Å². The van der Waals surface area contributed by atoms with E-state index in [1.165, 1.54) is 19.3 Å². The van der Waals surface area contributed by atoms with E-state index in [4.69, 9.17) is 4.74 Å². The molecule has 2 fully saturated rings. The van der Waals surface area contributed by atoms with Crippen LogP contribution in [0.25, 0.3) is 0 Å². The van der Waals surface area contributed by atoms with Crippen molar-refractivity contribution < 1.29 is 9.84 Å². The molecule has 3 heteroatoms. The Balaban J connectivity index is 1.80. The molecule has 2 heterocycles. The maximum Gasteiger partial charge on any atom is 0.119 e. The number of thioether (sulfide) groups is 1. The highest BCUT2D eigenvalue weighted by Crippen LogP contribution is 2.49. The van der Waals surface area contributed by atoms with Gasteiger partial charge in [0.1, 0.15) is 5.75 Å². The average molecular weight is 292 g/mol. The zero-order valence-corrected chi connectivity index (χ0v) is 13.0. The molecule has 1 aromatic rings. The summed E-state index contributed by atoms with van der Waals surface area (Å²) in [6.45, 7) is 2.85. The molecule has 1 N–H and O–H groups in total. The summed E-state index contributed by atoms with van der Waals surface area (Å²) in [5.41, 5.74) is 0.398. The Hall–Kier alpha value is -0.670. The highest BCUT2D eigenvalue weighted by atomic mass is 32.2. The second-order valence-electron chi connectivity index (χ2n) is 6.13. The van der Waals surface area contributed by atoms with Crippen molar-refractivity contribution in [3.05, 3.63) is 29.8 Å². The quantitative estimate of drug-likeness (QED) is 0.905. The summed E-state index contributed by atoms with van der Waals surface area (Å²) >= 11 is 2.10. The lowest BCUT2D eigenvalue weighted by Crippen LogP contribution is -2.40. The van der Waals surface area contributed by atoms with E-state index in [0.29, 0.717) is 10.5 Å². The molecule has 1 aromatic carbocycles. The van der Waals surface area contributed by atoms with Gasteiger partial charge in [-0.05, 0) is 49.8 Å². The molecule has 0 saturated carbocycles. The van der Waals surface area contributed by atoms with E-state index < -0.39 is 5.60 Å². The highest BCUT2D eigenvalue weighted by Gasteiger charge is 2.42. The molecule has 110 valence electrons. The first-order valence-electron chi connectivity index (χ1n) is 7.81. The van der Waals surface area contributed by atoms with Gasteiger partial charge in [-0.1, -0.05) is 25.5 Å². The van der Waals surface area contributed by atoms with Crippen LogP contribution in [0.2, 0.25) is 0 Å². The third-order valence-corrected chi connectivity index (χ3v) is 5.99. The number of aliphatic hydroxyl groups is 1. The molecule has 0 aliphatic carbocycles. The van der Waals surface area contributed by atoms with E-state index in [1.54, 1.807) is 0 Å². The Morgan fingerprint density at radius 1 is 1.30 bits per heavy atom. The van der Waals surface area contributed by atoms with Gasteiger partial charge < -0.3 is 9.84 Å². The van der Waals surface area contributed by atoms with Crippen LogP contribution in [0.5, 0.6) is 5.75 Å². The Morgan fingerprint density at radius 3 is 2.75 bits per heavy atom. The normalized spacial score (nSPS) is 32.9. The van der Waals surface area contributed by atoms with Crippen molar-refractivity contribution in [2.24, 2.45) is 0 Å². The number of hydrogen-bond donors (Lipinski definition) is 1. The Kier molecular flexibility index (Phi) is 4.27. The van der Waals surface area contributed by atoms with Crippen molar-refractivity contribution >= 4 is 11.8 Å². The second kappa shape index (κ2) is 5.98. The number of benzene rings is 1. The molecule has 3 rings (SSSR count). The lowest BCUT2D eigenvalue weighted by atomic mass is 9.80. The first kappa shape index (κ1) is 14.3. The summed E-state index contributed by atoms with van der Waals surface area (Å²) < 4.78 is 5.71. The van der Waals surface area contributed by atoms with Gasteiger partial charge in [0.2, 0.25) is 0 Å². The van der Waals surface area contributed by atoms with Crippen molar-refractivity contribution in [1.82, 2.24) is 0 Å². The van der Waals surface area contributed by atoms with Crippen LogP contribution in [0.3, 0.4) is 0 Å². The summed E-state index contributed by atoms with van der Waals surface area (Å²) in [7, 11) is 0. The summed E-state index contributed by atoms with van der Waals surface area (Å²) in [5, 5.41) is 12.4. The van der Waals surface area contributed by atoms with Gasteiger partial charge >= 0.3 is 0 Å². The smallest absolute Gasteiger partial charge is 0.119 e. The molecule has 2 aliphatic rings. The third-order valence-electron chi connectivity index (χ3n) is 4.41. The lowest BCUT2D eigenvalue weighted by molar-refractivity contribution is 0.00791. The molecule has 2 aliphatic heterocycles. The van der Waals surface area contributed by atoms with Gasteiger partial charge in [-0.25, -0.2) is 0 Å². The van der Waals surface area contributed by atoms with Crippen LogP contribution in [-0.2, 0) is 5.60 Å². The first-order valence-corrected chi connectivity index (χ1v) is 8.75. The molecule has 0 aromatic heterocycles. The van der Waals surface area contributed by atoms with Crippen molar-refractivity contribution in [1.29, 1.82) is 0 Å². The predicted octanol–water partition coefficient (Wildman–Crippen LogP) is 4.11. The van der Waals surface area contributed by atoms with Gasteiger partial charge in [-0.3, -0.25) is 0 Å². The van der Waals surface area contributed by atoms with Gasteiger partial charge in [-0.2, -0.15) is 11.8 Å². The fourth-order valence-corrected chi connectivity index (χ4v) is 5.34. The van der Waals surface area contributed by atoms with Crippen molar-refractivity contribution in [3.8, 4) is 5.75 Å². The minimum absolute atomic E-state index is 0.632. The number of fused-ring (bicyclic) bond motifs is 2. The molecule has 2 bridgehead atoms. The Labute approximate surface area is 125 Å². The van der Waals surface area contributed by atoms with E-state index in [-0.39, 0.29) is 0 Å². The van der Waals surface area contributed by atoms with Gasteiger partial charge in [-0.15, -0.1) is 0 Å². The fraction of sp³-hybridized carbons (Fsp3) is 0.647. The summed E-state index contributed by atoms with van der Waals surface area (Å²) in [6.07, 6.45) is 6.65. The summed E-state index contributed by atoms with van der Waals surface area (Å²) in [4.78, 5) is 0. The second-order valence-corrected chi connectivity index (χ2v) is 7.73. The van der Waals surface area contributed by atoms with E-state index in [9.17, 15) is 5.11 Å². The summed E-state index contributed by atoms with van der Waals surface area (Å²) in [5.74, 6) is 0.890. The number of hydrogen-bond acceptors (Lipinski definition) is 3. The first-order chi connectivity index (χ1) is 9.69. The van der Waals surface area contributed by atoms with Crippen LogP contribution >= 0.6 is 11.8 Å². The van der Waals surface area contributed by atoms with Gasteiger partial charge in [0.15, 0.2) is 0 Å². The molecular weight excluding hydrogens is 268 g/mol. The highest BCUT2D eigenvalue weighted by molar-refractivity contribution is 8.00. The standard InChI is InChI=1S/C17H24O2S/c1-2-9-19-14-6-3-5-13(10-14)17(18)11-15-7-4-8-16(12-17)20-15/h3,5-6,10,15-16,18H,2,4,7-9,11-12H2,1H3. The minimum Gasteiger partial charge on any atom is -0.494 e. The van der Waals surface area contributed by atoms with Crippen LogP contribution in [0.1, 0.15) is 51.0 Å². The Bertz CT molecular complexity index is 448. The van der Waals surface area contributed by atoms with Crippen molar-refractivity contribution in [3.63, 3.8) is 0 Å². The third kappa shape index (κ3) is 2.99. The van der Waals surface area contributed by atoms with Crippen molar-refractivity contribution in [2.45, 2.75) is 61.5 Å². The van der Waals surface area contributed by atoms with Crippen molar-refractivity contribution in [2.75, 3.05) is 6.61 Å². The monoisotopic (exact) mass is 292 g/mol. The molecule has 20 heavy (non-hydrogen) atoms. The van der Waals surface area contributed by atoms with Gasteiger partial charge in [0.25, 0.3) is 0 Å². The number of rotatable bonds is 4. The van der Waals surface area contributed by atoms with Crippen LogP contribution in [-0.4, -0.2) is 22.2 Å². The molecule has 2 atom stereocenters. The van der Waals surface area contributed by atoms with E-state index in [2.05, 4.69) is 24.8 Å². The molecule has 2 saturated heterocycles. The van der Waals surface area contributed by atoms with Gasteiger partial charge in [0.05, 0.1) is 12.2 Å². The molecule has 2 nitrogen and oxygen atoms in total. The zero-order chi connectivity index (χ0) is 14.0.